The number of hydrogen-bond donors (Lipinski definition) is 2. The van der Waals surface area contributed by atoms with E-state index in [0.717, 1.165) is 28.0 Å². The Hall–Kier alpha value is -2.63. The van der Waals surface area contributed by atoms with E-state index in [2.05, 4.69) is 31.5 Å². The Labute approximate surface area is 173 Å². The molecule has 0 saturated carbocycles. The number of aromatic nitrogens is 1. The van der Waals surface area contributed by atoms with E-state index < -0.39 is 7.12 Å². The van der Waals surface area contributed by atoms with Crippen LogP contribution >= 0.6 is 0 Å². The Bertz CT molecular complexity index is 905. The van der Waals surface area contributed by atoms with Gasteiger partial charge in [-0.3, -0.25) is 4.98 Å². The molecule has 0 bridgehead atoms. The first-order valence-electron chi connectivity index (χ1n) is 10.1. The summed E-state index contributed by atoms with van der Waals surface area (Å²) < 4.78 is 5.86. The van der Waals surface area contributed by atoms with Gasteiger partial charge < -0.3 is 14.8 Å². The van der Waals surface area contributed by atoms with E-state index in [4.69, 9.17) is 4.65 Å². The van der Waals surface area contributed by atoms with E-state index >= 15 is 0 Å². The predicted molar refractivity (Wildman–Crippen MR) is 119 cm³/mol. The van der Waals surface area contributed by atoms with Crippen LogP contribution in [0.15, 0.2) is 72.5 Å². The average molecular weight is 389 g/mol. The fourth-order valence-electron chi connectivity index (χ4n) is 3.50. The quantitative estimate of drug-likeness (QED) is 0.645. The Morgan fingerprint density at radius 1 is 1.31 bits per heavy atom. The SMILES string of the molecule is C=C(C1=CCB(O)OC1CC/C(=C/c1cccc(O)c1)c1ccccn1)C(C)C. The summed E-state index contributed by atoms with van der Waals surface area (Å²) in [6.45, 7) is 8.47. The lowest BCUT2D eigenvalue weighted by Gasteiger charge is -2.29. The first kappa shape index (κ1) is 21.1. The molecule has 0 amide bonds. The third-order valence-electron chi connectivity index (χ3n) is 5.16. The van der Waals surface area contributed by atoms with E-state index in [1.54, 1.807) is 18.3 Å². The number of phenolic OH excluding ortho intramolecular Hbond substituents is 1. The van der Waals surface area contributed by atoms with Crippen LogP contribution in [0.3, 0.4) is 0 Å². The van der Waals surface area contributed by atoms with Crippen molar-refractivity contribution in [1.29, 1.82) is 0 Å². The molecule has 0 fully saturated rings. The average Bonchev–Trinajstić information content (AvgIpc) is 2.71. The van der Waals surface area contributed by atoms with E-state index in [1.807, 2.05) is 36.4 Å². The maximum absolute atomic E-state index is 10.0. The monoisotopic (exact) mass is 389 g/mol. The van der Waals surface area contributed by atoms with E-state index in [1.165, 1.54) is 0 Å². The molecule has 1 aliphatic rings. The third-order valence-corrected chi connectivity index (χ3v) is 5.16. The molecule has 1 atom stereocenters. The highest BCUT2D eigenvalue weighted by atomic mass is 16.5. The molecule has 3 rings (SSSR count). The zero-order chi connectivity index (χ0) is 20.8. The number of allylic oxidation sites excluding steroid dienone is 2. The van der Waals surface area contributed by atoms with Crippen LogP contribution in [-0.2, 0) is 4.65 Å². The van der Waals surface area contributed by atoms with Crippen LogP contribution in [0.5, 0.6) is 5.75 Å². The van der Waals surface area contributed by atoms with Gasteiger partial charge in [0.2, 0.25) is 0 Å². The van der Waals surface area contributed by atoms with Crippen molar-refractivity contribution in [3.63, 3.8) is 0 Å². The summed E-state index contributed by atoms with van der Waals surface area (Å²) in [4.78, 5) is 4.51. The van der Waals surface area contributed by atoms with Crippen molar-refractivity contribution in [2.45, 2.75) is 39.1 Å². The first-order chi connectivity index (χ1) is 13.9. The summed E-state index contributed by atoms with van der Waals surface area (Å²) in [5, 5.41) is 19.8. The molecule has 0 saturated heterocycles. The summed E-state index contributed by atoms with van der Waals surface area (Å²) in [7, 11) is -0.780. The maximum Gasteiger partial charge on any atom is 0.458 e. The first-order valence-corrected chi connectivity index (χ1v) is 10.1. The van der Waals surface area contributed by atoms with E-state index in [0.29, 0.717) is 25.1 Å². The molecule has 5 heteroatoms. The zero-order valence-corrected chi connectivity index (χ0v) is 17.1. The number of aromatic hydroxyl groups is 1. The van der Waals surface area contributed by atoms with Crippen LogP contribution in [-0.4, -0.2) is 28.3 Å². The van der Waals surface area contributed by atoms with Crippen molar-refractivity contribution in [2.24, 2.45) is 5.92 Å². The summed E-state index contributed by atoms with van der Waals surface area (Å²) in [5.41, 5.74) is 4.99. The number of phenols is 1. The second-order valence-electron chi connectivity index (χ2n) is 7.67. The second kappa shape index (κ2) is 9.72. The largest absolute Gasteiger partial charge is 0.508 e. The number of rotatable bonds is 7. The molecule has 4 nitrogen and oxygen atoms in total. The van der Waals surface area contributed by atoms with Crippen LogP contribution < -0.4 is 0 Å². The summed E-state index contributed by atoms with van der Waals surface area (Å²) in [6, 6.07) is 13.0. The summed E-state index contributed by atoms with van der Waals surface area (Å²) in [5.74, 6) is 0.553. The van der Waals surface area contributed by atoms with Crippen LogP contribution in [0.1, 0.15) is 37.9 Å². The van der Waals surface area contributed by atoms with Gasteiger partial charge in [-0.25, -0.2) is 0 Å². The van der Waals surface area contributed by atoms with Crippen LogP contribution in [0.2, 0.25) is 6.32 Å². The highest BCUT2D eigenvalue weighted by Gasteiger charge is 2.29. The lowest BCUT2D eigenvalue weighted by Crippen LogP contribution is -2.32. The van der Waals surface area contributed by atoms with Crippen LogP contribution in [0, 0.1) is 5.92 Å². The van der Waals surface area contributed by atoms with Gasteiger partial charge in [0.15, 0.2) is 0 Å². The fourth-order valence-corrected chi connectivity index (χ4v) is 3.50. The standard InChI is InChI=1S/C24H28BNO3/c1-17(2)18(3)22-12-13-25(28)29-24(22)11-10-20(23-9-4-5-14-26-23)15-19-7-6-8-21(27)16-19/h4-9,12,14-17,24,27-28H,3,10-11,13H2,1-2H3/b20-15-. The Morgan fingerprint density at radius 2 is 2.14 bits per heavy atom. The molecular weight excluding hydrogens is 361 g/mol. The minimum Gasteiger partial charge on any atom is -0.508 e. The van der Waals surface area contributed by atoms with Gasteiger partial charge in [0, 0.05) is 12.5 Å². The lowest BCUT2D eigenvalue weighted by atomic mass is 9.76. The van der Waals surface area contributed by atoms with Crippen molar-refractivity contribution in [3.05, 3.63) is 83.7 Å². The van der Waals surface area contributed by atoms with Crippen LogP contribution in [0.4, 0.5) is 0 Å². The maximum atomic E-state index is 10.0. The lowest BCUT2D eigenvalue weighted by molar-refractivity contribution is 0.183. The molecule has 2 aromatic rings. The Kier molecular flexibility index (Phi) is 7.07. The molecule has 150 valence electrons. The van der Waals surface area contributed by atoms with Crippen molar-refractivity contribution >= 4 is 18.8 Å². The molecule has 1 unspecified atom stereocenters. The normalized spacial score (nSPS) is 17.4. The molecule has 29 heavy (non-hydrogen) atoms. The van der Waals surface area contributed by atoms with Crippen molar-refractivity contribution < 1.29 is 14.8 Å². The highest BCUT2D eigenvalue weighted by molar-refractivity contribution is 6.43. The number of benzene rings is 1. The number of pyridine rings is 1. The van der Waals surface area contributed by atoms with Gasteiger partial charge in [0.25, 0.3) is 0 Å². The second-order valence-corrected chi connectivity index (χ2v) is 7.67. The number of nitrogens with zero attached hydrogens (tertiary/aromatic N) is 1. The highest BCUT2D eigenvalue weighted by Crippen LogP contribution is 2.32. The van der Waals surface area contributed by atoms with Crippen LogP contribution in [0.25, 0.3) is 11.6 Å². The summed E-state index contributed by atoms with van der Waals surface area (Å²) in [6.07, 6.45) is 7.58. The van der Waals surface area contributed by atoms with E-state index in [-0.39, 0.29) is 11.9 Å². The smallest absolute Gasteiger partial charge is 0.458 e. The van der Waals surface area contributed by atoms with Gasteiger partial charge in [0.1, 0.15) is 5.75 Å². The molecule has 0 aliphatic carbocycles. The molecule has 1 aromatic heterocycles. The molecule has 0 radical (unpaired) electrons. The molecule has 1 aromatic carbocycles. The van der Waals surface area contributed by atoms with Crippen molar-refractivity contribution in [1.82, 2.24) is 4.98 Å². The zero-order valence-electron chi connectivity index (χ0n) is 17.1. The summed E-state index contributed by atoms with van der Waals surface area (Å²) >= 11 is 0. The molecule has 2 heterocycles. The molecular formula is C24H28BNO3. The van der Waals surface area contributed by atoms with Gasteiger partial charge in [-0.05, 0) is 71.4 Å². The van der Waals surface area contributed by atoms with Gasteiger partial charge >= 0.3 is 7.12 Å². The van der Waals surface area contributed by atoms with Gasteiger partial charge in [-0.1, -0.05) is 44.7 Å². The van der Waals surface area contributed by atoms with E-state index in [9.17, 15) is 10.1 Å². The molecule has 1 aliphatic heterocycles. The molecule has 2 N–H and O–H groups in total. The van der Waals surface area contributed by atoms with Gasteiger partial charge in [-0.2, -0.15) is 0 Å². The minimum absolute atomic E-state index is 0.204. The van der Waals surface area contributed by atoms with Gasteiger partial charge in [-0.15, -0.1) is 0 Å². The molecule has 0 spiro atoms. The van der Waals surface area contributed by atoms with Gasteiger partial charge in [0.05, 0.1) is 11.8 Å². The number of hydrogen-bond acceptors (Lipinski definition) is 4. The Morgan fingerprint density at radius 3 is 2.83 bits per heavy atom. The predicted octanol–water partition coefficient (Wildman–Crippen LogP) is 5.13. The minimum atomic E-state index is -0.780. The topological polar surface area (TPSA) is 62.6 Å². The third kappa shape index (κ3) is 5.69. The Balaban J connectivity index is 1.85. The fraction of sp³-hybridized carbons (Fsp3) is 0.292. The van der Waals surface area contributed by atoms with Crippen molar-refractivity contribution in [2.75, 3.05) is 0 Å². The van der Waals surface area contributed by atoms with Crippen molar-refractivity contribution in [3.8, 4) is 5.75 Å².